The maximum Gasteiger partial charge on any atom is 0.306 e. The van der Waals surface area contributed by atoms with Crippen LogP contribution in [0.1, 0.15) is 32.1 Å². The minimum atomic E-state index is -0.649. The van der Waals surface area contributed by atoms with Crippen LogP contribution < -0.4 is 0 Å². The van der Waals surface area contributed by atoms with Crippen LogP contribution in [-0.2, 0) is 4.79 Å². The Morgan fingerprint density at radius 1 is 1.42 bits per heavy atom. The average molecular weight is 189 g/mol. The molecule has 1 atom stereocenters. The van der Waals surface area contributed by atoms with Crippen molar-refractivity contribution in [2.75, 3.05) is 0 Å². The van der Waals surface area contributed by atoms with Crippen LogP contribution in [0.5, 0.6) is 0 Å². The number of hydrogen-bond acceptors (Lipinski definition) is 1. The van der Waals surface area contributed by atoms with Gasteiger partial charge >= 0.3 is 5.97 Å². The molecule has 1 unspecified atom stereocenters. The lowest BCUT2D eigenvalue weighted by atomic mass is 9.64. The van der Waals surface area contributed by atoms with Gasteiger partial charge in [-0.05, 0) is 38.0 Å². The number of aliphatic carboxylic acids is 1. The lowest BCUT2D eigenvalue weighted by molar-refractivity contribution is -0.147. The second-order valence-electron chi connectivity index (χ2n) is 4.14. The van der Waals surface area contributed by atoms with Gasteiger partial charge in [-0.1, -0.05) is 0 Å². The molecule has 0 aliphatic heterocycles. The topological polar surface area (TPSA) is 37.3 Å². The number of carbonyl (C=O) groups is 1. The zero-order chi connectivity index (χ0) is 8.77. The summed E-state index contributed by atoms with van der Waals surface area (Å²) < 4.78 is 0. The predicted octanol–water partition coefficient (Wildman–Crippen LogP) is 2.26. The maximum absolute atomic E-state index is 10.8. The van der Waals surface area contributed by atoms with Crippen molar-refractivity contribution in [1.82, 2.24) is 0 Å². The molecule has 68 valence electrons. The smallest absolute Gasteiger partial charge is 0.306 e. The summed E-state index contributed by atoms with van der Waals surface area (Å²) in [5.74, 6) is -0.405. The molecular weight excluding hydrogens is 176 g/mol. The van der Waals surface area contributed by atoms with E-state index < -0.39 is 5.97 Å². The third-order valence-electron chi connectivity index (χ3n) is 3.40. The van der Waals surface area contributed by atoms with E-state index in [1.165, 1.54) is 0 Å². The van der Waals surface area contributed by atoms with E-state index in [4.69, 9.17) is 16.7 Å². The predicted molar refractivity (Wildman–Crippen MR) is 46.3 cm³/mol. The van der Waals surface area contributed by atoms with Crippen LogP contribution in [0.3, 0.4) is 0 Å². The van der Waals surface area contributed by atoms with Crippen LogP contribution in [0.4, 0.5) is 0 Å². The normalized spacial score (nSPS) is 46.1. The monoisotopic (exact) mass is 188 g/mol. The minimum absolute atomic E-state index is 0.162. The van der Waals surface area contributed by atoms with Gasteiger partial charge in [0.1, 0.15) is 0 Å². The van der Waals surface area contributed by atoms with E-state index in [1.807, 2.05) is 0 Å². The third-order valence-corrected chi connectivity index (χ3v) is 3.93. The molecular formula is C9H13ClO2. The molecule has 3 fully saturated rings. The van der Waals surface area contributed by atoms with Gasteiger partial charge in [0.2, 0.25) is 0 Å². The second kappa shape index (κ2) is 2.63. The van der Waals surface area contributed by atoms with E-state index in [0.29, 0.717) is 12.3 Å². The number of hydrogen-bond donors (Lipinski definition) is 1. The molecule has 3 heteroatoms. The molecule has 3 saturated carbocycles. The molecule has 2 nitrogen and oxygen atoms in total. The zero-order valence-corrected chi connectivity index (χ0v) is 7.68. The first-order valence-electron chi connectivity index (χ1n) is 4.52. The Hall–Kier alpha value is -0.240. The molecule has 0 aromatic rings. The summed E-state index contributed by atoms with van der Waals surface area (Å²) in [6, 6.07) is 0. The minimum Gasteiger partial charge on any atom is -0.481 e. The second-order valence-corrected chi connectivity index (χ2v) is 4.94. The van der Waals surface area contributed by atoms with Gasteiger partial charge in [-0.3, -0.25) is 4.79 Å². The zero-order valence-electron chi connectivity index (χ0n) is 6.92. The van der Waals surface area contributed by atoms with Crippen LogP contribution in [-0.4, -0.2) is 16.0 Å². The lowest BCUT2D eigenvalue weighted by Crippen LogP contribution is -2.44. The van der Waals surface area contributed by atoms with Gasteiger partial charge in [-0.25, -0.2) is 0 Å². The largest absolute Gasteiger partial charge is 0.481 e. The molecule has 0 spiro atoms. The number of carboxylic acids is 1. The lowest BCUT2D eigenvalue weighted by Gasteiger charge is -2.45. The molecule has 3 rings (SSSR count). The Kier molecular flexibility index (Phi) is 1.83. The first-order chi connectivity index (χ1) is 5.61. The van der Waals surface area contributed by atoms with Crippen molar-refractivity contribution in [2.45, 2.75) is 37.0 Å². The highest BCUT2D eigenvalue weighted by Crippen LogP contribution is 2.51. The molecule has 0 aromatic heterocycles. The fraction of sp³-hybridized carbons (Fsp3) is 0.889. The van der Waals surface area contributed by atoms with Crippen LogP contribution in [0, 0.1) is 11.8 Å². The Morgan fingerprint density at radius 2 is 2.00 bits per heavy atom. The van der Waals surface area contributed by atoms with Gasteiger partial charge in [-0.15, -0.1) is 11.6 Å². The average Bonchev–Trinajstić information content (AvgIpc) is 2.04. The van der Waals surface area contributed by atoms with Crippen LogP contribution in [0.15, 0.2) is 0 Å². The van der Waals surface area contributed by atoms with Gasteiger partial charge in [0.25, 0.3) is 0 Å². The molecule has 3 aliphatic carbocycles. The highest BCUT2D eigenvalue weighted by Gasteiger charge is 2.47. The van der Waals surface area contributed by atoms with E-state index >= 15 is 0 Å². The van der Waals surface area contributed by atoms with E-state index in [2.05, 4.69) is 0 Å². The first kappa shape index (κ1) is 8.36. The fourth-order valence-corrected chi connectivity index (χ4v) is 3.00. The SMILES string of the molecule is O=C(O)C1CC2(Cl)CCC1CC2. The third kappa shape index (κ3) is 1.22. The molecule has 12 heavy (non-hydrogen) atoms. The van der Waals surface area contributed by atoms with Crippen LogP contribution in [0.25, 0.3) is 0 Å². The summed E-state index contributed by atoms with van der Waals surface area (Å²) in [5.41, 5.74) is 0. The van der Waals surface area contributed by atoms with Crippen molar-refractivity contribution in [3.63, 3.8) is 0 Å². The maximum atomic E-state index is 10.8. The summed E-state index contributed by atoms with van der Waals surface area (Å²) in [6.45, 7) is 0. The van der Waals surface area contributed by atoms with Crippen molar-refractivity contribution in [2.24, 2.45) is 11.8 Å². The number of rotatable bonds is 1. The van der Waals surface area contributed by atoms with Crippen molar-refractivity contribution in [3.8, 4) is 0 Å². The molecule has 0 amide bonds. The van der Waals surface area contributed by atoms with E-state index in [1.54, 1.807) is 0 Å². The summed E-state index contributed by atoms with van der Waals surface area (Å²) in [4.78, 5) is 10.7. The highest BCUT2D eigenvalue weighted by molar-refractivity contribution is 6.24. The molecule has 0 saturated heterocycles. The van der Waals surface area contributed by atoms with Crippen LogP contribution >= 0.6 is 11.6 Å². The molecule has 0 aromatic carbocycles. The molecule has 0 radical (unpaired) electrons. The summed E-state index contributed by atoms with van der Waals surface area (Å²) in [5, 5.41) is 8.92. The fourth-order valence-electron chi connectivity index (χ4n) is 2.61. The summed E-state index contributed by atoms with van der Waals surface area (Å²) >= 11 is 6.27. The molecule has 3 aliphatic rings. The highest BCUT2D eigenvalue weighted by atomic mass is 35.5. The van der Waals surface area contributed by atoms with Gasteiger partial charge in [-0.2, -0.15) is 0 Å². The summed E-state index contributed by atoms with van der Waals surface area (Å²) in [7, 11) is 0. The quantitative estimate of drug-likeness (QED) is 0.641. The van der Waals surface area contributed by atoms with Crippen molar-refractivity contribution in [3.05, 3.63) is 0 Å². The van der Waals surface area contributed by atoms with Crippen molar-refractivity contribution in [1.29, 1.82) is 0 Å². The van der Waals surface area contributed by atoms with E-state index in [0.717, 1.165) is 25.7 Å². The van der Waals surface area contributed by atoms with Gasteiger partial charge in [0, 0.05) is 4.87 Å². The molecule has 2 bridgehead atoms. The van der Waals surface area contributed by atoms with E-state index in [-0.39, 0.29) is 10.8 Å². The number of alkyl halides is 1. The number of fused-ring (bicyclic) bond motifs is 3. The Bertz CT molecular complexity index is 207. The Balaban J connectivity index is 2.16. The summed E-state index contributed by atoms with van der Waals surface area (Å²) in [6.07, 6.45) is 4.75. The Morgan fingerprint density at radius 3 is 2.33 bits per heavy atom. The Labute approximate surface area is 76.9 Å². The number of halogens is 1. The van der Waals surface area contributed by atoms with Gasteiger partial charge < -0.3 is 5.11 Å². The molecule has 0 heterocycles. The van der Waals surface area contributed by atoms with Crippen molar-refractivity contribution < 1.29 is 9.90 Å². The standard InChI is InChI=1S/C9H13ClO2/c10-9-3-1-6(2-4-9)7(5-9)8(11)12/h6-7H,1-5H2,(H,11,12). The number of carboxylic acid groups (broad SMARTS) is 1. The van der Waals surface area contributed by atoms with Crippen LogP contribution in [0.2, 0.25) is 0 Å². The molecule has 1 N–H and O–H groups in total. The van der Waals surface area contributed by atoms with E-state index in [9.17, 15) is 4.79 Å². The van der Waals surface area contributed by atoms with Crippen molar-refractivity contribution >= 4 is 17.6 Å². The van der Waals surface area contributed by atoms with Gasteiger partial charge in [0.05, 0.1) is 5.92 Å². The first-order valence-corrected chi connectivity index (χ1v) is 4.90. The van der Waals surface area contributed by atoms with Gasteiger partial charge in [0.15, 0.2) is 0 Å².